The maximum absolute atomic E-state index is 13.5. The Morgan fingerprint density at radius 1 is 1.32 bits per heavy atom. The second kappa shape index (κ2) is 8.29. The van der Waals surface area contributed by atoms with Crippen LogP contribution in [0.5, 0.6) is 0 Å². The van der Waals surface area contributed by atoms with Crippen molar-refractivity contribution in [3.05, 3.63) is 47.7 Å². The van der Waals surface area contributed by atoms with Crippen LogP contribution in [0.2, 0.25) is 0 Å². The van der Waals surface area contributed by atoms with Gasteiger partial charge in [0.15, 0.2) is 0 Å². The molecule has 148 valence electrons. The van der Waals surface area contributed by atoms with E-state index in [1.54, 1.807) is 0 Å². The average Bonchev–Trinajstić information content (AvgIpc) is 3.08. The molecule has 1 fully saturated rings. The number of fused-ring (bicyclic) bond motifs is 1. The molecule has 1 amide bonds. The number of carbonyl (C=O) groups excluding carboxylic acids is 1. The molecule has 7 heteroatoms. The number of hydrogen-bond donors (Lipinski definition) is 1. The van der Waals surface area contributed by atoms with Crippen molar-refractivity contribution < 1.29 is 9.32 Å². The van der Waals surface area contributed by atoms with Gasteiger partial charge in [-0.3, -0.25) is 4.79 Å². The Hall–Kier alpha value is -2.44. The molecular formula is C21H25ClN4O2. The zero-order chi connectivity index (χ0) is 19.0. The number of hydrogen-bond acceptors (Lipinski definition) is 5. The molecule has 0 bridgehead atoms. The highest BCUT2D eigenvalue weighted by Gasteiger charge is 2.31. The maximum Gasteiger partial charge on any atom is 0.259 e. The summed E-state index contributed by atoms with van der Waals surface area (Å²) in [6.45, 7) is 5.24. The summed E-state index contributed by atoms with van der Waals surface area (Å²) in [5, 5.41) is 4.73. The predicted molar refractivity (Wildman–Crippen MR) is 112 cm³/mol. The average molecular weight is 401 g/mol. The zero-order valence-electron chi connectivity index (χ0n) is 16.1. The third-order valence-corrected chi connectivity index (χ3v) is 5.43. The molecule has 1 aromatic carbocycles. The van der Waals surface area contributed by atoms with Gasteiger partial charge in [0.25, 0.3) is 11.6 Å². The van der Waals surface area contributed by atoms with Crippen molar-refractivity contribution in [3.8, 4) is 11.3 Å². The number of halogens is 1. The SMILES string of the molecule is Cc1noc2nc(-c3ccccc3)cc(C(=O)N3CCC(C)CC3CN)c12.Cl. The molecule has 3 aromatic rings. The minimum absolute atomic E-state index is 0. The first-order chi connectivity index (χ1) is 13.1. The number of nitrogens with two attached hydrogens (primary N) is 1. The fraction of sp³-hybridized carbons (Fsp3) is 0.381. The molecule has 0 aliphatic carbocycles. The van der Waals surface area contributed by atoms with Crippen LogP contribution in [-0.2, 0) is 0 Å². The molecule has 6 nitrogen and oxygen atoms in total. The molecule has 2 unspecified atom stereocenters. The monoisotopic (exact) mass is 400 g/mol. The van der Waals surface area contributed by atoms with Crippen LogP contribution in [0.15, 0.2) is 40.9 Å². The highest BCUT2D eigenvalue weighted by atomic mass is 35.5. The van der Waals surface area contributed by atoms with E-state index in [-0.39, 0.29) is 24.4 Å². The molecular weight excluding hydrogens is 376 g/mol. The summed E-state index contributed by atoms with van der Waals surface area (Å²) < 4.78 is 5.40. The number of piperidine rings is 1. The molecule has 28 heavy (non-hydrogen) atoms. The topological polar surface area (TPSA) is 85.2 Å². The second-order valence-electron chi connectivity index (χ2n) is 7.39. The lowest BCUT2D eigenvalue weighted by Crippen LogP contribution is -2.49. The summed E-state index contributed by atoms with van der Waals surface area (Å²) in [6.07, 6.45) is 1.93. The smallest absolute Gasteiger partial charge is 0.259 e. The number of aryl methyl sites for hydroxylation is 1. The molecule has 4 rings (SSSR count). The zero-order valence-corrected chi connectivity index (χ0v) is 16.9. The summed E-state index contributed by atoms with van der Waals surface area (Å²) in [6, 6.07) is 11.7. The van der Waals surface area contributed by atoms with E-state index in [9.17, 15) is 4.79 Å². The second-order valence-corrected chi connectivity index (χ2v) is 7.39. The van der Waals surface area contributed by atoms with Gasteiger partial charge in [-0.2, -0.15) is 0 Å². The molecule has 0 saturated carbocycles. The number of amides is 1. The van der Waals surface area contributed by atoms with Gasteiger partial charge in [0, 0.05) is 24.7 Å². The van der Waals surface area contributed by atoms with Gasteiger partial charge in [0.1, 0.15) is 0 Å². The third-order valence-electron chi connectivity index (χ3n) is 5.43. The van der Waals surface area contributed by atoms with Gasteiger partial charge < -0.3 is 15.2 Å². The molecule has 3 heterocycles. The largest absolute Gasteiger partial charge is 0.335 e. The van der Waals surface area contributed by atoms with Crippen molar-refractivity contribution in [2.45, 2.75) is 32.7 Å². The minimum Gasteiger partial charge on any atom is -0.335 e. The van der Waals surface area contributed by atoms with Gasteiger partial charge in [0.05, 0.1) is 22.3 Å². The van der Waals surface area contributed by atoms with E-state index in [2.05, 4.69) is 17.1 Å². The van der Waals surface area contributed by atoms with Crippen LogP contribution >= 0.6 is 12.4 Å². The maximum atomic E-state index is 13.5. The van der Waals surface area contributed by atoms with Gasteiger partial charge in [-0.25, -0.2) is 4.98 Å². The lowest BCUT2D eigenvalue weighted by molar-refractivity contribution is 0.0575. The number of aromatic nitrogens is 2. The highest BCUT2D eigenvalue weighted by Crippen LogP contribution is 2.30. The van der Waals surface area contributed by atoms with Crippen molar-refractivity contribution in [1.29, 1.82) is 0 Å². The lowest BCUT2D eigenvalue weighted by atomic mass is 9.91. The number of nitrogens with zero attached hydrogens (tertiary/aromatic N) is 3. The Morgan fingerprint density at radius 2 is 2.07 bits per heavy atom. The van der Waals surface area contributed by atoms with Crippen LogP contribution < -0.4 is 5.73 Å². The number of likely N-dealkylation sites (tertiary alicyclic amines) is 1. The van der Waals surface area contributed by atoms with Crippen molar-refractivity contribution in [3.63, 3.8) is 0 Å². The van der Waals surface area contributed by atoms with E-state index < -0.39 is 0 Å². The Labute approximate surface area is 170 Å². The standard InChI is InChI=1S/C21H24N4O2.ClH/c1-13-8-9-25(16(10-13)12-22)21(26)17-11-18(15-6-4-3-5-7-15)23-20-19(17)14(2)24-27-20;/h3-7,11,13,16H,8-10,12,22H2,1-2H3;1H. The summed E-state index contributed by atoms with van der Waals surface area (Å²) in [4.78, 5) is 20.0. The molecule has 2 atom stereocenters. The molecule has 1 aliphatic heterocycles. The van der Waals surface area contributed by atoms with Gasteiger partial charge in [-0.15, -0.1) is 12.4 Å². The van der Waals surface area contributed by atoms with Crippen molar-refractivity contribution >= 4 is 29.4 Å². The van der Waals surface area contributed by atoms with Gasteiger partial charge >= 0.3 is 0 Å². The summed E-state index contributed by atoms with van der Waals surface area (Å²) in [5.74, 6) is 0.561. The van der Waals surface area contributed by atoms with Crippen LogP contribution in [0.3, 0.4) is 0 Å². The summed E-state index contributed by atoms with van der Waals surface area (Å²) in [5.41, 5.74) is 9.28. The fourth-order valence-corrected chi connectivity index (χ4v) is 3.92. The van der Waals surface area contributed by atoms with Crippen LogP contribution in [0.1, 0.15) is 35.8 Å². The van der Waals surface area contributed by atoms with E-state index in [1.807, 2.05) is 48.2 Å². The Morgan fingerprint density at radius 3 is 2.79 bits per heavy atom. The van der Waals surface area contributed by atoms with Gasteiger partial charge in [0.2, 0.25) is 0 Å². The van der Waals surface area contributed by atoms with Crippen molar-refractivity contribution in [2.24, 2.45) is 11.7 Å². The summed E-state index contributed by atoms with van der Waals surface area (Å²) in [7, 11) is 0. The fourth-order valence-electron chi connectivity index (χ4n) is 3.92. The first-order valence-corrected chi connectivity index (χ1v) is 9.42. The van der Waals surface area contributed by atoms with E-state index in [1.165, 1.54) is 0 Å². The molecule has 0 spiro atoms. The number of carbonyl (C=O) groups is 1. The quantitative estimate of drug-likeness (QED) is 0.722. The van der Waals surface area contributed by atoms with Crippen LogP contribution in [0.4, 0.5) is 0 Å². The Balaban J connectivity index is 0.00000225. The number of benzene rings is 1. The predicted octanol–water partition coefficient (Wildman–Crippen LogP) is 3.82. The van der Waals surface area contributed by atoms with Crippen molar-refractivity contribution in [2.75, 3.05) is 13.1 Å². The molecule has 2 aromatic heterocycles. The van der Waals surface area contributed by atoms with Crippen molar-refractivity contribution in [1.82, 2.24) is 15.0 Å². The minimum atomic E-state index is -0.0202. The molecule has 1 aliphatic rings. The third kappa shape index (κ3) is 3.62. The van der Waals surface area contributed by atoms with E-state index in [4.69, 9.17) is 10.3 Å². The molecule has 2 N–H and O–H groups in total. The van der Waals surface area contributed by atoms with Gasteiger partial charge in [-0.1, -0.05) is 42.4 Å². The molecule has 0 radical (unpaired) electrons. The number of pyridine rings is 1. The van der Waals surface area contributed by atoms with E-state index in [0.29, 0.717) is 40.5 Å². The lowest BCUT2D eigenvalue weighted by Gasteiger charge is -2.38. The normalized spacial score (nSPS) is 19.5. The van der Waals surface area contributed by atoms with Crippen LogP contribution in [0, 0.1) is 12.8 Å². The van der Waals surface area contributed by atoms with E-state index in [0.717, 1.165) is 24.9 Å². The number of rotatable bonds is 3. The first-order valence-electron chi connectivity index (χ1n) is 9.42. The summed E-state index contributed by atoms with van der Waals surface area (Å²) >= 11 is 0. The highest BCUT2D eigenvalue weighted by molar-refractivity contribution is 6.07. The Kier molecular flexibility index (Phi) is 6.01. The molecule has 1 saturated heterocycles. The van der Waals surface area contributed by atoms with Crippen LogP contribution in [-0.4, -0.2) is 40.1 Å². The van der Waals surface area contributed by atoms with E-state index >= 15 is 0 Å². The first kappa shape index (κ1) is 20.3. The Bertz CT molecular complexity index is 973. The van der Waals surface area contributed by atoms with Gasteiger partial charge in [-0.05, 0) is 31.7 Å². The van der Waals surface area contributed by atoms with Crippen LogP contribution in [0.25, 0.3) is 22.4 Å².